The second-order valence-electron chi connectivity index (χ2n) is 5.33. The van der Waals surface area contributed by atoms with E-state index in [9.17, 15) is 0 Å². The molecule has 0 N–H and O–H groups in total. The third-order valence-corrected chi connectivity index (χ3v) is 3.76. The molecule has 0 aromatic heterocycles. The number of fused-ring (bicyclic) bond motifs is 1. The third kappa shape index (κ3) is 1.84. The van der Waals surface area contributed by atoms with Gasteiger partial charge in [0.25, 0.3) is 0 Å². The molecule has 0 heterocycles. The molecule has 0 nitrogen and oxygen atoms in total. The molecule has 3 unspecified atom stereocenters. The molecule has 2 fully saturated rings. The van der Waals surface area contributed by atoms with E-state index < -0.39 is 0 Å². The second-order valence-corrected chi connectivity index (χ2v) is 5.33. The van der Waals surface area contributed by atoms with E-state index in [-0.39, 0.29) is 0 Å². The number of rotatable bonds is 2. The average molecular weight is 166 g/mol. The fraction of sp³-hybridized carbons (Fsp3) is 1.00. The van der Waals surface area contributed by atoms with Crippen LogP contribution in [0.1, 0.15) is 52.4 Å². The van der Waals surface area contributed by atoms with Gasteiger partial charge in [-0.25, -0.2) is 0 Å². The molecule has 2 rings (SSSR count). The molecular weight excluding hydrogens is 144 g/mol. The Kier molecular flexibility index (Phi) is 2.43. The fourth-order valence-corrected chi connectivity index (χ4v) is 3.11. The minimum absolute atomic E-state index is 0.925. The zero-order chi connectivity index (χ0) is 8.55. The number of hydrogen-bond acceptors (Lipinski definition) is 0. The van der Waals surface area contributed by atoms with Crippen LogP contribution in [-0.2, 0) is 0 Å². The van der Waals surface area contributed by atoms with Crippen molar-refractivity contribution in [1.82, 2.24) is 0 Å². The minimum Gasteiger partial charge on any atom is -0.0628 e. The third-order valence-electron chi connectivity index (χ3n) is 3.76. The van der Waals surface area contributed by atoms with Crippen molar-refractivity contribution in [1.29, 1.82) is 0 Å². The molecule has 0 aromatic carbocycles. The lowest BCUT2D eigenvalue weighted by Crippen LogP contribution is -2.06. The summed E-state index contributed by atoms with van der Waals surface area (Å²) >= 11 is 0. The number of hydrogen-bond donors (Lipinski definition) is 0. The van der Waals surface area contributed by atoms with Gasteiger partial charge in [0.1, 0.15) is 0 Å². The van der Waals surface area contributed by atoms with Crippen LogP contribution in [0, 0.1) is 23.7 Å². The summed E-state index contributed by atoms with van der Waals surface area (Å²) in [5, 5.41) is 0. The van der Waals surface area contributed by atoms with E-state index in [1.165, 1.54) is 19.3 Å². The van der Waals surface area contributed by atoms with Crippen LogP contribution in [0.3, 0.4) is 0 Å². The Hall–Kier alpha value is 0. The van der Waals surface area contributed by atoms with Crippen molar-refractivity contribution in [2.45, 2.75) is 52.4 Å². The summed E-state index contributed by atoms with van der Waals surface area (Å²) in [6, 6.07) is 0. The largest absolute Gasteiger partial charge is 0.0628 e. The summed E-state index contributed by atoms with van der Waals surface area (Å²) in [5.41, 5.74) is 0. The molecule has 2 saturated carbocycles. The van der Waals surface area contributed by atoms with Crippen molar-refractivity contribution in [2.75, 3.05) is 0 Å². The summed E-state index contributed by atoms with van der Waals surface area (Å²) in [7, 11) is 0. The molecule has 0 aromatic rings. The van der Waals surface area contributed by atoms with Gasteiger partial charge in [-0.15, -0.1) is 0 Å². The van der Waals surface area contributed by atoms with Crippen LogP contribution in [0.25, 0.3) is 0 Å². The second kappa shape index (κ2) is 3.40. The smallest absolute Gasteiger partial charge is 0.0354 e. The van der Waals surface area contributed by atoms with Gasteiger partial charge in [-0.3, -0.25) is 0 Å². The molecule has 12 heavy (non-hydrogen) atoms. The summed E-state index contributed by atoms with van der Waals surface area (Å²) in [4.78, 5) is 0. The van der Waals surface area contributed by atoms with Crippen LogP contribution >= 0.6 is 0 Å². The molecule has 0 aliphatic heterocycles. The van der Waals surface area contributed by atoms with E-state index in [0.717, 1.165) is 23.7 Å². The summed E-state index contributed by atoms with van der Waals surface area (Å²) in [6.45, 7) is 4.75. The molecule has 0 saturated heterocycles. The van der Waals surface area contributed by atoms with E-state index in [4.69, 9.17) is 0 Å². The van der Waals surface area contributed by atoms with Gasteiger partial charge in [-0.2, -0.15) is 0 Å². The van der Waals surface area contributed by atoms with Gasteiger partial charge < -0.3 is 0 Å². The standard InChI is InChI=1S/C12H22/c1-9(2)7-10-5-3-4-6-11-8-12(10)11/h9-12H,3-8H2,1-2H3. The average Bonchev–Trinajstić information content (AvgIpc) is 2.71. The Labute approximate surface area is 76.7 Å². The molecule has 0 heteroatoms. The maximum atomic E-state index is 2.38. The molecule has 0 spiro atoms. The van der Waals surface area contributed by atoms with Crippen LogP contribution in [0.15, 0.2) is 0 Å². The van der Waals surface area contributed by atoms with E-state index in [1.54, 1.807) is 19.3 Å². The molecule has 2 aliphatic rings. The van der Waals surface area contributed by atoms with Crippen molar-refractivity contribution in [3.8, 4) is 0 Å². The van der Waals surface area contributed by atoms with E-state index in [1.807, 2.05) is 0 Å². The first-order chi connectivity index (χ1) is 5.77. The highest BCUT2D eigenvalue weighted by atomic mass is 14.5. The van der Waals surface area contributed by atoms with Gasteiger partial charge in [-0.1, -0.05) is 39.5 Å². The Morgan fingerprint density at radius 2 is 1.92 bits per heavy atom. The van der Waals surface area contributed by atoms with Gasteiger partial charge >= 0.3 is 0 Å². The minimum atomic E-state index is 0.925. The predicted molar refractivity (Wildman–Crippen MR) is 53.0 cm³/mol. The topological polar surface area (TPSA) is 0 Å². The first-order valence-electron chi connectivity index (χ1n) is 5.77. The summed E-state index contributed by atoms with van der Waals surface area (Å²) < 4.78 is 0. The highest BCUT2D eigenvalue weighted by Crippen LogP contribution is 2.52. The maximum absolute atomic E-state index is 2.38. The van der Waals surface area contributed by atoms with E-state index in [0.29, 0.717) is 0 Å². The van der Waals surface area contributed by atoms with Crippen molar-refractivity contribution in [2.24, 2.45) is 23.7 Å². The molecule has 0 radical (unpaired) electrons. The van der Waals surface area contributed by atoms with Crippen LogP contribution < -0.4 is 0 Å². The highest BCUT2D eigenvalue weighted by molar-refractivity contribution is 4.93. The van der Waals surface area contributed by atoms with Gasteiger partial charge in [0, 0.05) is 0 Å². The van der Waals surface area contributed by atoms with Crippen LogP contribution in [0.2, 0.25) is 0 Å². The monoisotopic (exact) mass is 166 g/mol. The van der Waals surface area contributed by atoms with Gasteiger partial charge in [0.2, 0.25) is 0 Å². The lowest BCUT2D eigenvalue weighted by molar-refractivity contribution is 0.342. The fourth-order valence-electron chi connectivity index (χ4n) is 3.11. The van der Waals surface area contributed by atoms with Crippen molar-refractivity contribution >= 4 is 0 Å². The normalized spacial score (nSPS) is 40.8. The quantitative estimate of drug-likeness (QED) is 0.584. The molecule has 3 atom stereocenters. The lowest BCUT2D eigenvalue weighted by Gasteiger charge is -2.16. The SMILES string of the molecule is CC(C)CC1CCCCC2CC12. The van der Waals surface area contributed by atoms with E-state index >= 15 is 0 Å². The van der Waals surface area contributed by atoms with Gasteiger partial charge in [0.15, 0.2) is 0 Å². The summed E-state index contributed by atoms with van der Waals surface area (Å²) in [5.74, 6) is 4.36. The molecule has 0 amide bonds. The van der Waals surface area contributed by atoms with Crippen LogP contribution in [-0.4, -0.2) is 0 Å². The summed E-state index contributed by atoms with van der Waals surface area (Å²) in [6.07, 6.45) is 9.22. The van der Waals surface area contributed by atoms with Crippen LogP contribution in [0.5, 0.6) is 0 Å². The predicted octanol–water partition coefficient (Wildman–Crippen LogP) is 3.86. The Morgan fingerprint density at radius 3 is 2.67 bits per heavy atom. The van der Waals surface area contributed by atoms with Crippen molar-refractivity contribution < 1.29 is 0 Å². The molecular formula is C12H22. The molecule has 2 aliphatic carbocycles. The maximum Gasteiger partial charge on any atom is -0.0354 e. The first-order valence-corrected chi connectivity index (χ1v) is 5.77. The van der Waals surface area contributed by atoms with Crippen molar-refractivity contribution in [3.63, 3.8) is 0 Å². The van der Waals surface area contributed by atoms with Gasteiger partial charge in [0.05, 0.1) is 0 Å². The lowest BCUT2D eigenvalue weighted by atomic mass is 9.89. The van der Waals surface area contributed by atoms with Gasteiger partial charge in [-0.05, 0) is 36.5 Å². The zero-order valence-electron chi connectivity index (χ0n) is 8.55. The zero-order valence-corrected chi connectivity index (χ0v) is 8.55. The van der Waals surface area contributed by atoms with Crippen molar-refractivity contribution in [3.05, 3.63) is 0 Å². The molecule has 0 bridgehead atoms. The van der Waals surface area contributed by atoms with E-state index in [2.05, 4.69) is 13.8 Å². The Morgan fingerprint density at radius 1 is 1.17 bits per heavy atom. The van der Waals surface area contributed by atoms with Crippen LogP contribution in [0.4, 0.5) is 0 Å². The molecule has 70 valence electrons. The highest BCUT2D eigenvalue weighted by Gasteiger charge is 2.43. The Bertz CT molecular complexity index is 148. The Balaban J connectivity index is 1.86. The first kappa shape index (κ1) is 8.59.